The second kappa shape index (κ2) is 10.0. The Kier molecular flexibility index (Phi) is 6.69. The molecule has 5 heteroatoms. The molecule has 0 saturated carbocycles. The second-order valence-electron chi connectivity index (χ2n) is 9.77. The van der Waals surface area contributed by atoms with Crippen molar-refractivity contribution in [1.29, 1.82) is 0 Å². The highest BCUT2D eigenvalue weighted by Gasteiger charge is 2.26. The number of aromatic nitrogens is 1. The first kappa shape index (κ1) is 23.3. The predicted molar refractivity (Wildman–Crippen MR) is 140 cm³/mol. The molecular weight excluding hydrogens is 437 g/mol. The van der Waals surface area contributed by atoms with Gasteiger partial charge in [-0.3, -0.25) is 9.69 Å². The quantitative estimate of drug-likeness (QED) is 0.360. The molecule has 1 amide bonds. The number of piperidine rings is 1. The number of fused-ring (bicyclic) bond motifs is 1. The number of amides is 1. The molecule has 1 aliphatic rings. The third-order valence-corrected chi connectivity index (χ3v) is 7.11. The highest BCUT2D eigenvalue weighted by atomic mass is 19.1. The molecule has 0 atom stereocenters. The zero-order chi connectivity index (χ0) is 24.4. The first-order valence-corrected chi connectivity index (χ1v) is 12.4. The summed E-state index contributed by atoms with van der Waals surface area (Å²) in [6, 6.07) is 23.6. The van der Waals surface area contributed by atoms with Gasteiger partial charge in [-0.2, -0.15) is 0 Å². The fourth-order valence-electron chi connectivity index (χ4n) is 5.17. The maximum absolute atomic E-state index is 13.8. The maximum Gasteiger partial charge on any atom is 0.227 e. The van der Waals surface area contributed by atoms with Crippen LogP contribution in [0.25, 0.3) is 10.9 Å². The number of likely N-dealkylation sites (tertiary alicyclic amines) is 1. The molecule has 0 spiro atoms. The van der Waals surface area contributed by atoms with Gasteiger partial charge in [0.1, 0.15) is 5.82 Å². The number of rotatable bonds is 6. The van der Waals surface area contributed by atoms with Crippen LogP contribution in [0.3, 0.4) is 0 Å². The molecule has 5 rings (SSSR count). The number of halogens is 1. The number of nitrogens with one attached hydrogen (secondary N) is 1. The van der Waals surface area contributed by atoms with Gasteiger partial charge in [0.05, 0.1) is 0 Å². The number of para-hydroxylation sites is 1. The SMILES string of the molecule is Cc1ccc(NC(=O)C2CCN(Cc3cc4ccccc4n3Cc3cccc(F)c3)CC2)c(C)c1. The summed E-state index contributed by atoms with van der Waals surface area (Å²) in [6.45, 7) is 7.31. The molecule has 0 unspecified atom stereocenters. The van der Waals surface area contributed by atoms with E-state index in [2.05, 4.69) is 52.0 Å². The number of carbonyl (C=O) groups excluding carboxylic acids is 1. The topological polar surface area (TPSA) is 37.3 Å². The summed E-state index contributed by atoms with van der Waals surface area (Å²) in [5.74, 6) is -0.0522. The molecule has 35 heavy (non-hydrogen) atoms. The average molecular weight is 470 g/mol. The van der Waals surface area contributed by atoms with Crippen LogP contribution < -0.4 is 5.32 Å². The van der Waals surface area contributed by atoms with Gasteiger partial charge in [0.15, 0.2) is 0 Å². The summed E-state index contributed by atoms with van der Waals surface area (Å²) < 4.78 is 16.1. The third-order valence-electron chi connectivity index (χ3n) is 7.11. The van der Waals surface area contributed by atoms with E-state index in [0.29, 0.717) is 6.54 Å². The van der Waals surface area contributed by atoms with E-state index in [1.165, 1.54) is 22.7 Å². The number of carbonyl (C=O) groups is 1. The van der Waals surface area contributed by atoms with E-state index in [1.54, 1.807) is 12.1 Å². The van der Waals surface area contributed by atoms with Crippen LogP contribution >= 0.6 is 0 Å². The van der Waals surface area contributed by atoms with Crippen molar-refractivity contribution in [3.8, 4) is 0 Å². The van der Waals surface area contributed by atoms with Crippen LogP contribution in [0.4, 0.5) is 10.1 Å². The number of aryl methyl sites for hydroxylation is 2. The molecule has 1 aromatic heterocycles. The van der Waals surface area contributed by atoms with Gasteiger partial charge in [0.2, 0.25) is 5.91 Å². The predicted octanol–water partition coefficient (Wildman–Crippen LogP) is 6.30. The normalized spacial score (nSPS) is 14.9. The molecule has 1 fully saturated rings. The Labute approximate surface area is 206 Å². The van der Waals surface area contributed by atoms with Crippen LogP contribution in [0, 0.1) is 25.6 Å². The first-order chi connectivity index (χ1) is 17.0. The number of anilines is 1. The lowest BCUT2D eigenvalue weighted by atomic mass is 9.95. The van der Waals surface area contributed by atoms with Gasteiger partial charge in [-0.25, -0.2) is 4.39 Å². The van der Waals surface area contributed by atoms with Crippen molar-refractivity contribution in [3.05, 3.63) is 101 Å². The molecule has 180 valence electrons. The molecule has 4 aromatic rings. The Morgan fingerprint density at radius 2 is 1.74 bits per heavy atom. The average Bonchev–Trinajstić information content (AvgIpc) is 3.18. The number of hydrogen-bond donors (Lipinski definition) is 1. The van der Waals surface area contributed by atoms with Crippen LogP contribution in [0.2, 0.25) is 0 Å². The largest absolute Gasteiger partial charge is 0.339 e. The van der Waals surface area contributed by atoms with Crippen molar-refractivity contribution in [2.24, 2.45) is 5.92 Å². The summed E-state index contributed by atoms with van der Waals surface area (Å²) in [5.41, 5.74) is 6.54. The molecule has 0 bridgehead atoms. The summed E-state index contributed by atoms with van der Waals surface area (Å²) in [6.07, 6.45) is 1.70. The molecule has 4 nitrogen and oxygen atoms in total. The Bertz CT molecular complexity index is 1350. The van der Waals surface area contributed by atoms with Gasteiger partial charge >= 0.3 is 0 Å². The van der Waals surface area contributed by atoms with Gasteiger partial charge in [0, 0.05) is 35.9 Å². The number of hydrogen-bond acceptors (Lipinski definition) is 2. The van der Waals surface area contributed by atoms with Crippen LogP contribution in [0.1, 0.15) is 35.2 Å². The van der Waals surface area contributed by atoms with Gasteiger partial charge in [-0.05, 0) is 86.6 Å². The molecule has 0 aliphatic carbocycles. The van der Waals surface area contributed by atoms with Crippen LogP contribution in [0.15, 0.2) is 72.8 Å². The lowest BCUT2D eigenvalue weighted by Gasteiger charge is -2.31. The first-order valence-electron chi connectivity index (χ1n) is 12.4. The molecule has 1 aliphatic heterocycles. The molecular formula is C30H32FN3O. The van der Waals surface area contributed by atoms with Gasteiger partial charge in [-0.1, -0.05) is 48.0 Å². The summed E-state index contributed by atoms with van der Waals surface area (Å²) >= 11 is 0. The summed E-state index contributed by atoms with van der Waals surface area (Å²) in [5, 5.41) is 4.33. The third kappa shape index (κ3) is 5.30. The monoisotopic (exact) mass is 469 g/mol. The smallest absolute Gasteiger partial charge is 0.227 e. The van der Waals surface area contributed by atoms with Crippen LogP contribution in [-0.2, 0) is 17.9 Å². The summed E-state index contributed by atoms with van der Waals surface area (Å²) in [7, 11) is 0. The lowest BCUT2D eigenvalue weighted by Crippen LogP contribution is -2.38. The molecule has 0 radical (unpaired) electrons. The van der Waals surface area contributed by atoms with E-state index in [1.807, 2.05) is 31.2 Å². The fraction of sp³-hybridized carbons (Fsp3) is 0.300. The van der Waals surface area contributed by atoms with E-state index in [4.69, 9.17) is 0 Å². The highest BCUT2D eigenvalue weighted by Crippen LogP contribution is 2.26. The van der Waals surface area contributed by atoms with Crippen molar-refractivity contribution in [2.45, 2.75) is 39.8 Å². The molecule has 1 N–H and O–H groups in total. The Morgan fingerprint density at radius 3 is 2.51 bits per heavy atom. The van der Waals surface area contributed by atoms with Gasteiger partial charge in [0.25, 0.3) is 0 Å². The van der Waals surface area contributed by atoms with Crippen LogP contribution in [-0.4, -0.2) is 28.5 Å². The number of nitrogens with zero attached hydrogens (tertiary/aromatic N) is 2. The number of benzene rings is 3. The zero-order valence-electron chi connectivity index (χ0n) is 20.4. The van der Waals surface area contributed by atoms with E-state index in [0.717, 1.165) is 54.8 Å². The molecule has 3 aromatic carbocycles. The zero-order valence-corrected chi connectivity index (χ0v) is 20.4. The second-order valence-corrected chi connectivity index (χ2v) is 9.77. The van der Waals surface area contributed by atoms with E-state index >= 15 is 0 Å². The van der Waals surface area contributed by atoms with E-state index in [9.17, 15) is 9.18 Å². The van der Waals surface area contributed by atoms with Gasteiger partial charge < -0.3 is 9.88 Å². The standard InChI is InChI=1S/C30H32FN3O/c1-21-10-11-28(22(2)16-21)32-30(35)24-12-14-33(15-13-24)20-27-18-25-7-3-4-9-29(25)34(27)19-23-6-5-8-26(31)17-23/h3-11,16-18,24H,12-15,19-20H2,1-2H3,(H,32,35). The Balaban J connectivity index is 1.26. The molecule has 1 saturated heterocycles. The van der Waals surface area contributed by atoms with Crippen molar-refractivity contribution >= 4 is 22.5 Å². The van der Waals surface area contributed by atoms with Crippen LogP contribution in [0.5, 0.6) is 0 Å². The highest BCUT2D eigenvalue weighted by molar-refractivity contribution is 5.93. The van der Waals surface area contributed by atoms with Crippen molar-refractivity contribution in [1.82, 2.24) is 9.47 Å². The minimum atomic E-state index is -0.207. The summed E-state index contributed by atoms with van der Waals surface area (Å²) in [4.78, 5) is 15.3. The Hall–Kier alpha value is -3.44. The van der Waals surface area contributed by atoms with E-state index in [-0.39, 0.29) is 17.6 Å². The molecule has 2 heterocycles. The van der Waals surface area contributed by atoms with E-state index < -0.39 is 0 Å². The fourth-order valence-corrected chi connectivity index (χ4v) is 5.17. The van der Waals surface area contributed by atoms with Crippen molar-refractivity contribution < 1.29 is 9.18 Å². The minimum Gasteiger partial charge on any atom is -0.339 e. The van der Waals surface area contributed by atoms with Gasteiger partial charge in [-0.15, -0.1) is 0 Å². The lowest BCUT2D eigenvalue weighted by molar-refractivity contribution is -0.121. The Morgan fingerprint density at radius 1 is 0.943 bits per heavy atom. The van der Waals surface area contributed by atoms with Crippen molar-refractivity contribution in [2.75, 3.05) is 18.4 Å². The minimum absolute atomic E-state index is 0.0325. The van der Waals surface area contributed by atoms with Crippen molar-refractivity contribution in [3.63, 3.8) is 0 Å². The maximum atomic E-state index is 13.8.